The Hall–Kier alpha value is -1.69. The van der Waals surface area contributed by atoms with E-state index in [1.807, 2.05) is 0 Å². The highest BCUT2D eigenvalue weighted by Gasteiger charge is 2.27. The Kier molecular flexibility index (Phi) is 5.23. The first-order valence-electron chi connectivity index (χ1n) is 5.34. The lowest BCUT2D eigenvalue weighted by Crippen LogP contribution is -2.36. The summed E-state index contributed by atoms with van der Waals surface area (Å²) < 4.78 is 12.1. The van der Waals surface area contributed by atoms with Crippen LogP contribution in [0.4, 0.5) is 0 Å². The molecule has 0 saturated heterocycles. The molecule has 3 N–H and O–H groups in total. The molecule has 1 unspecified atom stereocenters. The van der Waals surface area contributed by atoms with Crippen molar-refractivity contribution in [1.82, 2.24) is 4.90 Å². The highest BCUT2D eigenvalue weighted by atomic mass is 31.2. The van der Waals surface area contributed by atoms with E-state index in [-0.39, 0.29) is 5.30 Å². The van der Waals surface area contributed by atoms with E-state index < -0.39 is 38.7 Å². The predicted molar refractivity (Wildman–Crippen MR) is 67.6 cm³/mol. The fraction of sp³-hybridized carbons (Fsp3) is 0.273. The van der Waals surface area contributed by atoms with E-state index in [1.165, 1.54) is 12.1 Å². The fourth-order valence-electron chi connectivity index (χ4n) is 1.55. The van der Waals surface area contributed by atoms with Crippen molar-refractivity contribution in [2.75, 3.05) is 19.4 Å². The summed E-state index contributed by atoms with van der Waals surface area (Å²) in [5, 5.41) is 17.5. The lowest BCUT2D eigenvalue weighted by molar-refractivity contribution is -0.141. The molecule has 0 fully saturated rings. The highest BCUT2D eigenvalue weighted by molar-refractivity contribution is 7.66. The maximum atomic E-state index is 12.1. The Bertz CT molecular complexity index is 487. The van der Waals surface area contributed by atoms with Gasteiger partial charge in [-0.15, -0.1) is 0 Å². The van der Waals surface area contributed by atoms with Crippen molar-refractivity contribution in [3.8, 4) is 0 Å². The lowest BCUT2D eigenvalue weighted by atomic mass is 10.4. The van der Waals surface area contributed by atoms with Crippen LogP contribution in [0.2, 0.25) is 0 Å². The predicted octanol–water partition coefficient (Wildman–Crippen LogP) is 0.0110. The maximum Gasteiger partial charge on any atom is 0.317 e. The number of carboxylic acid groups (broad SMARTS) is 2. The molecule has 0 aliphatic carbocycles. The van der Waals surface area contributed by atoms with E-state index in [0.717, 1.165) is 4.90 Å². The number of aliphatic carboxylic acids is 2. The second kappa shape index (κ2) is 6.47. The minimum Gasteiger partial charge on any atom is -0.480 e. The minimum atomic E-state index is -3.81. The summed E-state index contributed by atoms with van der Waals surface area (Å²) in [6.07, 6.45) is -0.518. The van der Waals surface area contributed by atoms with Gasteiger partial charge in [0.05, 0.1) is 19.4 Å². The number of rotatable bonds is 7. The number of carboxylic acids is 2. The minimum absolute atomic E-state index is 0.163. The molecule has 1 aromatic carbocycles. The van der Waals surface area contributed by atoms with Crippen molar-refractivity contribution < 1.29 is 29.3 Å². The van der Waals surface area contributed by atoms with Gasteiger partial charge in [0.1, 0.15) is 0 Å². The third-order valence-corrected chi connectivity index (χ3v) is 4.16. The van der Waals surface area contributed by atoms with Gasteiger partial charge in [-0.3, -0.25) is 19.1 Å². The zero-order chi connectivity index (χ0) is 14.5. The molecule has 1 atom stereocenters. The Labute approximate surface area is 109 Å². The van der Waals surface area contributed by atoms with E-state index in [4.69, 9.17) is 10.2 Å². The average Bonchev–Trinajstić information content (AvgIpc) is 2.27. The molecule has 19 heavy (non-hydrogen) atoms. The summed E-state index contributed by atoms with van der Waals surface area (Å²) in [5.41, 5.74) is 0. The van der Waals surface area contributed by atoms with Crippen molar-refractivity contribution in [3.63, 3.8) is 0 Å². The van der Waals surface area contributed by atoms with Crippen LogP contribution in [-0.2, 0) is 14.2 Å². The van der Waals surface area contributed by atoms with Crippen molar-refractivity contribution in [1.29, 1.82) is 0 Å². The standard InChI is InChI=1S/C11H14NO6P/c13-10(14)6-12(7-11(15)16)8-19(17,18)9-4-2-1-3-5-9/h1-5H,6-8H2,(H,13,14)(H,15,16)(H,17,18). The molecule has 1 rings (SSSR count). The van der Waals surface area contributed by atoms with Crippen LogP contribution >= 0.6 is 7.37 Å². The molecular weight excluding hydrogens is 273 g/mol. The maximum absolute atomic E-state index is 12.1. The summed E-state index contributed by atoms with van der Waals surface area (Å²) in [5.74, 6) is -2.51. The van der Waals surface area contributed by atoms with Gasteiger partial charge in [-0.2, -0.15) is 0 Å². The van der Waals surface area contributed by atoms with Gasteiger partial charge < -0.3 is 15.1 Å². The molecule has 0 bridgehead atoms. The van der Waals surface area contributed by atoms with Gasteiger partial charge in [-0.1, -0.05) is 18.2 Å². The summed E-state index contributed by atoms with van der Waals surface area (Å²) in [4.78, 5) is 32.0. The molecule has 7 nitrogen and oxygen atoms in total. The van der Waals surface area contributed by atoms with Crippen LogP contribution in [0, 0.1) is 0 Å². The largest absolute Gasteiger partial charge is 0.480 e. The third-order valence-electron chi connectivity index (χ3n) is 2.27. The summed E-state index contributed by atoms with van der Waals surface area (Å²) >= 11 is 0. The fourth-order valence-corrected chi connectivity index (χ4v) is 3.10. The summed E-state index contributed by atoms with van der Waals surface area (Å²) in [7, 11) is -3.81. The Morgan fingerprint density at radius 1 is 1.05 bits per heavy atom. The van der Waals surface area contributed by atoms with Crippen LogP contribution < -0.4 is 5.30 Å². The van der Waals surface area contributed by atoms with Crippen LogP contribution in [0.3, 0.4) is 0 Å². The number of hydrogen-bond acceptors (Lipinski definition) is 4. The second-order valence-electron chi connectivity index (χ2n) is 3.95. The van der Waals surface area contributed by atoms with E-state index in [1.54, 1.807) is 18.2 Å². The van der Waals surface area contributed by atoms with E-state index >= 15 is 0 Å². The molecule has 0 saturated carbocycles. The number of hydrogen-bond donors (Lipinski definition) is 3. The molecule has 0 aliphatic rings. The van der Waals surface area contributed by atoms with Crippen molar-refractivity contribution in [2.24, 2.45) is 0 Å². The molecular formula is C11H14NO6P. The molecule has 0 aliphatic heterocycles. The van der Waals surface area contributed by atoms with Crippen LogP contribution in [0.25, 0.3) is 0 Å². The average molecular weight is 287 g/mol. The summed E-state index contributed by atoms with van der Waals surface area (Å²) in [6.45, 7) is -1.21. The highest BCUT2D eigenvalue weighted by Crippen LogP contribution is 2.39. The Morgan fingerprint density at radius 3 is 1.95 bits per heavy atom. The number of carbonyl (C=O) groups is 2. The first-order valence-corrected chi connectivity index (χ1v) is 7.19. The Balaban J connectivity index is 2.85. The first kappa shape index (κ1) is 15.4. The first-order chi connectivity index (χ1) is 8.81. The van der Waals surface area contributed by atoms with Gasteiger partial charge in [-0.05, 0) is 12.1 Å². The molecule has 1 aromatic rings. The molecule has 0 radical (unpaired) electrons. The molecule has 8 heteroatoms. The quantitative estimate of drug-likeness (QED) is 0.605. The van der Waals surface area contributed by atoms with Crippen LogP contribution in [0.15, 0.2) is 30.3 Å². The Morgan fingerprint density at radius 2 is 1.53 bits per heavy atom. The van der Waals surface area contributed by atoms with Gasteiger partial charge in [0, 0.05) is 5.30 Å². The zero-order valence-corrected chi connectivity index (χ0v) is 10.9. The monoisotopic (exact) mass is 287 g/mol. The van der Waals surface area contributed by atoms with E-state index in [0.29, 0.717) is 0 Å². The van der Waals surface area contributed by atoms with E-state index in [9.17, 15) is 19.0 Å². The van der Waals surface area contributed by atoms with Gasteiger partial charge in [0.25, 0.3) is 0 Å². The van der Waals surface area contributed by atoms with Crippen molar-refractivity contribution in [3.05, 3.63) is 30.3 Å². The van der Waals surface area contributed by atoms with Gasteiger partial charge in [0.2, 0.25) is 7.37 Å². The number of nitrogens with zero attached hydrogens (tertiary/aromatic N) is 1. The second-order valence-corrected chi connectivity index (χ2v) is 6.16. The smallest absolute Gasteiger partial charge is 0.317 e. The SMILES string of the molecule is O=C(O)CN(CC(=O)O)CP(=O)(O)c1ccccc1. The van der Waals surface area contributed by atoms with Crippen LogP contribution in [-0.4, -0.2) is 51.3 Å². The third kappa shape index (κ3) is 5.21. The summed E-state index contributed by atoms with van der Waals surface area (Å²) in [6, 6.07) is 7.73. The molecule has 0 spiro atoms. The lowest BCUT2D eigenvalue weighted by Gasteiger charge is -2.21. The van der Waals surface area contributed by atoms with Gasteiger partial charge in [0.15, 0.2) is 0 Å². The van der Waals surface area contributed by atoms with Crippen LogP contribution in [0.5, 0.6) is 0 Å². The zero-order valence-electron chi connectivity index (χ0n) is 9.97. The van der Waals surface area contributed by atoms with Crippen LogP contribution in [0.1, 0.15) is 0 Å². The number of benzene rings is 1. The van der Waals surface area contributed by atoms with Gasteiger partial charge in [-0.25, -0.2) is 0 Å². The van der Waals surface area contributed by atoms with Crippen molar-refractivity contribution in [2.45, 2.75) is 0 Å². The van der Waals surface area contributed by atoms with Crippen molar-refractivity contribution >= 4 is 24.6 Å². The molecule has 104 valence electrons. The molecule has 0 heterocycles. The van der Waals surface area contributed by atoms with Gasteiger partial charge >= 0.3 is 11.9 Å². The normalized spacial score (nSPS) is 14.0. The molecule has 0 aromatic heterocycles. The molecule has 0 amide bonds. The van der Waals surface area contributed by atoms with E-state index in [2.05, 4.69) is 0 Å². The topological polar surface area (TPSA) is 115 Å².